The molecule has 1 saturated heterocycles. The summed E-state index contributed by atoms with van der Waals surface area (Å²) >= 11 is 0. The normalized spacial score (nSPS) is 25.2. The van der Waals surface area contributed by atoms with Crippen LogP contribution >= 0.6 is 0 Å². The van der Waals surface area contributed by atoms with E-state index in [4.69, 9.17) is 5.73 Å². The molecule has 0 radical (unpaired) electrons. The molecule has 4 nitrogen and oxygen atoms in total. The van der Waals surface area contributed by atoms with Gasteiger partial charge in [-0.1, -0.05) is 6.92 Å². The molecule has 1 fully saturated rings. The molecule has 0 aromatic carbocycles. The molecule has 1 amide bonds. The van der Waals surface area contributed by atoms with Crippen molar-refractivity contribution in [1.82, 2.24) is 9.80 Å². The molecule has 1 heterocycles. The summed E-state index contributed by atoms with van der Waals surface area (Å²) < 4.78 is 0. The van der Waals surface area contributed by atoms with Crippen molar-refractivity contribution in [1.29, 1.82) is 0 Å². The zero-order valence-corrected chi connectivity index (χ0v) is 9.20. The van der Waals surface area contributed by atoms with Crippen LogP contribution in [0.3, 0.4) is 0 Å². The molecule has 14 heavy (non-hydrogen) atoms. The van der Waals surface area contributed by atoms with Crippen LogP contribution in [0.4, 0.5) is 0 Å². The summed E-state index contributed by atoms with van der Waals surface area (Å²) in [5.74, 6) is 0.203. The Morgan fingerprint density at radius 3 is 2.79 bits per heavy atom. The van der Waals surface area contributed by atoms with Crippen LogP contribution in [0.15, 0.2) is 0 Å². The lowest BCUT2D eigenvalue weighted by Crippen LogP contribution is -2.48. The molecular formula is C10H21N3O. The number of likely N-dealkylation sites (N-methyl/N-ethyl adjacent to an activating group) is 1. The Bertz CT molecular complexity index is 196. The Morgan fingerprint density at radius 2 is 2.21 bits per heavy atom. The van der Waals surface area contributed by atoms with Gasteiger partial charge in [-0.2, -0.15) is 0 Å². The van der Waals surface area contributed by atoms with Crippen LogP contribution in [-0.4, -0.2) is 55.0 Å². The van der Waals surface area contributed by atoms with E-state index in [9.17, 15) is 4.79 Å². The summed E-state index contributed by atoms with van der Waals surface area (Å²) in [4.78, 5) is 16.0. The smallest absolute Gasteiger partial charge is 0.241 e. The average Bonchev–Trinajstić information content (AvgIpc) is 2.28. The molecule has 1 aliphatic rings. The summed E-state index contributed by atoms with van der Waals surface area (Å²) in [6, 6.07) is -0.107. The van der Waals surface area contributed by atoms with E-state index in [2.05, 4.69) is 11.8 Å². The minimum Gasteiger partial charge on any atom is -0.341 e. The van der Waals surface area contributed by atoms with Gasteiger partial charge in [0.05, 0.1) is 0 Å². The zero-order valence-electron chi connectivity index (χ0n) is 9.20. The van der Waals surface area contributed by atoms with Crippen molar-refractivity contribution in [3.05, 3.63) is 0 Å². The first kappa shape index (κ1) is 11.5. The number of carbonyl (C=O) groups is 1. The van der Waals surface area contributed by atoms with Crippen molar-refractivity contribution in [3.8, 4) is 0 Å². The molecule has 0 spiro atoms. The number of amides is 1. The summed E-state index contributed by atoms with van der Waals surface area (Å²) in [5, 5.41) is 0. The first-order valence-corrected chi connectivity index (χ1v) is 5.39. The number of carbonyl (C=O) groups excluding carboxylic acids is 1. The van der Waals surface area contributed by atoms with Crippen LogP contribution in [-0.2, 0) is 4.79 Å². The average molecular weight is 199 g/mol. The molecule has 1 aliphatic heterocycles. The Balaban J connectivity index is 2.67. The molecule has 1 unspecified atom stereocenters. The zero-order chi connectivity index (χ0) is 10.6. The molecule has 1 rings (SSSR count). The minimum atomic E-state index is -0.107. The predicted octanol–water partition coefficient (Wildman–Crippen LogP) is -0.112. The summed E-state index contributed by atoms with van der Waals surface area (Å²) in [5.41, 5.74) is 5.62. The first-order valence-electron chi connectivity index (χ1n) is 5.39. The van der Waals surface area contributed by atoms with Gasteiger partial charge in [0.25, 0.3) is 0 Å². The maximum atomic E-state index is 12.0. The topological polar surface area (TPSA) is 49.6 Å². The van der Waals surface area contributed by atoms with Crippen LogP contribution in [0.25, 0.3) is 0 Å². The van der Waals surface area contributed by atoms with Crippen molar-refractivity contribution >= 4 is 5.91 Å². The molecule has 4 heteroatoms. The predicted molar refractivity (Wildman–Crippen MR) is 57.0 cm³/mol. The van der Waals surface area contributed by atoms with Gasteiger partial charge in [-0.25, -0.2) is 0 Å². The number of hydrogen-bond donors (Lipinski definition) is 1. The van der Waals surface area contributed by atoms with Gasteiger partial charge in [0.15, 0.2) is 0 Å². The van der Waals surface area contributed by atoms with E-state index in [0.29, 0.717) is 6.54 Å². The first-order chi connectivity index (χ1) is 6.70. The van der Waals surface area contributed by atoms with Gasteiger partial charge in [0.1, 0.15) is 6.04 Å². The quantitative estimate of drug-likeness (QED) is 0.690. The third-order valence-electron chi connectivity index (χ3n) is 2.78. The van der Waals surface area contributed by atoms with E-state index in [-0.39, 0.29) is 11.9 Å². The van der Waals surface area contributed by atoms with Gasteiger partial charge in [0, 0.05) is 26.2 Å². The van der Waals surface area contributed by atoms with Gasteiger partial charge in [0.2, 0.25) is 5.91 Å². The summed E-state index contributed by atoms with van der Waals surface area (Å²) in [6.07, 6.45) is 2.07. The third-order valence-corrected chi connectivity index (χ3v) is 2.78. The van der Waals surface area contributed by atoms with Crippen LogP contribution in [0.2, 0.25) is 0 Å². The van der Waals surface area contributed by atoms with E-state index in [1.807, 2.05) is 11.9 Å². The number of nitrogens with two attached hydrogens (primary N) is 1. The Labute approximate surface area is 86.0 Å². The van der Waals surface area contributed by atoms with Crippen molar-refractivity contribution in [3.63, 3.8) is 0 Å². The second-order valence-electron chi connectivity index (χ2n) is 3.91. The van der Waals surface area contributed by atoms with E-state index in [1.165, 1.54) is 0 Å². The fraction of sp³-hybridized carbons (Fsp3) is 0.900. The van der Waals surface area contributed by atoms with Crippen LogP contribution in [0.1, 0.15) is 19.8 Å². The molecule has 2 N–H and O–H groups in total. The van der Waals surface area contributed by atoms with Gasteiger partial charge in [-0.15, -0.1) is 0 Å². The standard InChI is InChI=1S/C10H21N3O/c1-3-5-13-7-4-6-12(2)9(8-11)10(13)14/h9H,3-8,11H2,1-2H3. The van der Waals surface area contributed by atoms with Gasteiger partial charge in [-0.3, -0.25) is 9.69 Å². The molecule has 0 saturated carbocycles. The Morgan fingerprint density at radius 1 is 1.50 bits per heavy atom. The van der Waals surface area contributed by atoms with Crippen molar-refractivity contribution in [2.24, 2.45) is 5.73 Å². The number of hydrogen-bond acceptors (Lipinski definition) is 3. The van der Waals surface area contributed by atoms with Crippen LogP contribution in [0, 0.1) is 0 Å². The highest BCUT2D eigenvalue weighted by Crippen LogP contribution is 2.09. The van der Waals surface area contributed by atoms with Crippen molar-refractivity contribution < 1.29 is 4.79 Å². The Hall–Kier alpha value is -0.610. The van der Waals surface area contributed by atoms with E-state index < -0.39 is 0 Å². The van der Waals surface area contributed by atoms with Gasteiger partial charge >= 0.3 is 0 Å². The molecule has 82 valence electrons. The van der Waals surface area contributed by atoms with Crippen molar-refractivity contribution in [2.75, 3.05) is 33.2 Å². The SMILES string of the molecule is CCCN1CCCN(C)C(CN)C1=O. The monoisotopic (exact) mass is 199 g/mol. The maximum Gasteiger partial charge on any atom is 0.241 e. The van der Waals surface area contributed by atoms with E-state index >= 15 is 0 Å². The second-order valence-corrected chi connectivity index (χ2v) is 3.91. The molecular weight excluding hydrogens is 178 g/mol. The summed E-state index contributed by atoms with van der Waals surface area (Å²) in [7, 11) is 1.98. The molecule has 1 atom stereocenters. The molecule has 0 aliphatic carbocycles. The van der Waals surface area contributed by atoms with E-state index in [1.54, 1.807) is 0 Å². The Kier molecular flexibility index (Phi) is 4.35. The highest BCUT2D eigenvalue weighted by atomic mass is 16.2. The molecule has 0 aromatic heterocycles. The fourth-order valence-electron chi connectivity index (χ4n) is 1.95. The number of rotatable bonds is 3. The summed E-state index contributed by atoms with van der Waals surface area (Å²) in [6.45, 7) is 5.24. The largest absolute Gasteiger partial charge is 0.341 e. The molecule has 0 bridgehead atoms. The lowest BCUT2D eigenvalue weighted by atomic mass is 10.2. The second kappa shape index (κ2) is 5.32. The lowest BCUT2D eigenvalue weighted by molar-refractivity contribution is -0.134. The maximum absolute atomic E-state index is 12.0. The molecule has 0 aromatic rings. The highest BCUT2D eigenvalue weighted by Gasteiger charge is 2.28. The van der Waals surface area contributed by atoms with Crippen LogP contribution in [0.5, 0.6) is 0 Å². The van der Waals surface area contributed by atoms with Gasteiger partial charge < -0.3 is 10.6 Å². The fourth-order valence-corrected chi connectivity index (χ4v) is 1.95. The van der Waals surface area contributed by atoms with E-state index in [0.717, 1.165) is 32.5 Å². The lowest BCUT2D eigenvalue weighted by Gasteiger charge is -2.26. The van der Waals surface area contributed by atoms with Gasteiger partial charge in [-0.05, 0) is 19.9 Å². The number of nitrogens with zero attached hydrogens (tertiary/aromatic N) is 2. The van der Waals surface area contributed by atoms with Crippen molar-refractivity contribution in [2.45, 2.75) is 25.8 Å². The van der Waals surface area contributed by atoms with Crippen LogP contribution < -0.4 is 5.73 Å². The third kappa shape index (κ3) is 2.45. The highest BCUT2D eigenvalue weighted by molar-refractivity contribution is 5.82. The minimum absolute atomic E-state index is 0.107.